The zero-order valence-electron chi connectivity index (χ0n) is 25.4. The van der Waals surface area contributed by atoms with Crippen LogP contribution in [0.5, 0.6) is 5.75 Å². The standard InChI is InChI=1S/C28H31N11O7S2/c1-37-28(34-35-36-37)48-12-14-11-47-24-18(23(43)39(24)20(14)25(44)45)32-22(42)19(13-6-8-16(40)9-7-13)38(26(29)46)17-10-30-27(33-21(17)41)31-15-4-2-3-5-15/h6-10,15,18-19,24,40H,2-5,11-12H2,1H3,(H2,29,46)(H,32,42)(H,44,45)(H2,30,31,33,41)/t18?,19?,24-/m0/s1. The molecular formula is C28H31N11O7S2. The third kappa shape index (κ3) is 6.39. The number of anilines is 2. The number of fused-ring (bicyclic) bond motifs is 1. The Balaban J connectivity index is 1.26. The average molecular weight is 698 g/mol. The van der Waals surface area contributed by atoms with Crippen LogP contribution in [0.25, 0.3) is 0 Å². The van der Waals surface area contributed by atoms with E-state index in [9.17, 15) is 34.2 Å². The van der Waals surface area contributed by atoms with Crippen molar-refractivity contribution in [3.05, 3.63) is 57.6 Å². The first-order chi connectivity index (χ1) is 23.0. The van der Waals surface area contributed by atoms with Gasteiger partial charge in [0.15, 0.2) is 0 Å². The molecule has 3 atom stereocenters. The van der Waals surface area contributed by atoms with Gasteiger partial charge in [0.2, 0.25) is 17.0 Å². The molecule has 3 aromatic rings. The number of carboxylic acid groups (broad SMARTS) is 1. The van der Waals surface area contributed by atoms with Crippen molar-refractivity contribution in [1.82, 2.24) is 40.4 Å². The molecule has 1 saturated carbocycles. The Bertz CT molecular complexity index is 1840. The third-order valence-electron chi connectivity index (χ3n) is 8.19. The fraction of sp³-hybridized carbons (Fsp3) is 0.393. The number of aromatic hydroxyl groups is 1. The molecule has 2 unspecified atom stereocenters. The van der Waals surface area contributed by atoms with Crippen molar-refractivity contribution in [2.24, 2.45) is 12.8 Å². The number of urea groups is 1. The number of aromatic nitrogens is 6. The van der Waals surface area contributed by atoms with Crippen LogP contribution in [-0.2, 0) is 21.4 Å². The van der Waals surface area contributed by atoms with Gasteiger partial charge in [-0.05, 0) is 46.5 Å². The quantitative estimate of drug-likeness (QED) is 0.118. The number of aliphatic carboxylic acids is 1. The van der Waals surface area contributed by atoms with Crippen molar-refractivity contribution in [3.8, 4) is 5.75 Å². The van der Waals surface area contributed by atoms with Crippen LogP contribution in [0.4, 0.5) is 16.4 Å². The number of aryl methyl sites for hydroxylation is 1. The Morgan fingerprint density at radius 2 is 1.94 bits per heavy atom. The van der Waals surface area contributed by atoms with E-state index in [2.05, 4.69) is 36.1 Å². The highest BCUT2D eigenvalue weighted by Gasteiger charge is 2.55. The molecule has 3 aliphatic rings. The van der Waals surface area contributed by atoms with Crippen LogP contribution in [0.1, 0.15) is 37.3 Å². The molecule has 6 rings (SSSR count). The van der Waals surface area contributed by atoms with E-state index in [1.165, 1.54) is 52.5 Å². The summed E-state index contributed by atoms with van der Waals surface area (Å²) in [5.74, 6) is -2.30. The largest absolute Gasteiger partial charge is 0.508 e. The van der Waals surface area contributed by atoms with Gasteiger partial charge in [-0.2, -0.15) is 0 Å². The molecule has 0 spiro atoms. The number of carbonyl (C=O) groups is 4. The summed E-state index contributed by atoms with van der Waals surface area (Å²) >= 11 is 2.48. The van der Waals surface area contributed by atoms with Gasteiger partial charge in [0.25, 0.3) is 11.5 Å². The van der Waals surface area contributed by atoms with Gasteiger partial charge in [-0.15, -0.1) is 16.9 Å². The Labute approximate surface area is 280 Å². The number of carbonyl (C=O) groups excluding carboxylic acids is 3. The van der Waals surface area contributed by atoms with E-state index in [4.69, 9.17) is 5.73 Å². The SMILES string of the molecule is Cn1nnnc1SCC1=C(C(=O)O)N2C(=O)C(NC(=O)C(c3ccc(O)cc3)N(C(N)=O)c3cnc(NC4CCCC4)[nH]c3=O)[C@@H]2SC1. The monoisotopic (exact) mass is 697 g/mol. The van der Waals surface area contributed by atoms with Gasteiger partial charge in [0.05, 0.1) is 6.20 Å². The molecule has 4 amide bonds. The van der Waals surface area contributed by atoms with Gasteiger partial charge in [-0.25, -0.2) is 19.3 Å². The van der Waals surface area contributed by atoms with Crippen LogP contribution in [0.15, 0.2) is 51.7 Å². The lowest BCUT2D eigenvalue weighted by Crippen LogP contribution is -2.71. The summed E-state index contributed by atoms with van der Waals surface area (Å²) in [7, 11) is 1.65. The molecule has 2 aromatic heterocycles. The Morgan fingerprint density at radius 1 is 1.21 bits per heavy atom. The van der Waals surface area contributed by atoms with Crippen LogP contribution >= 0.6 is 23.5 Å². The summed E-state index contributed by atoms with van der Waals surface area (Å²) in [5, 5.41) is 36.7. The van der Waals surface area contributed by atoms with Gasteiger partial charge >= 0.3 is 12.0 Å². The van der Waals surface area contributed by atoms with Crippen molar-refractivity contribution in [1.29, 1.82) is 0 Å². The number of rotatable bonds is 11. The molecule has 0 radical (unpaired) electrons. The Hall–Kier alpha value is -5.11. The molecular weight excluding hydrogens is 667 g/mol. The highest BCUT2D eigenvalue weighted by Crippen LogP contribution is 2.42. The van der Waals surface area contributed by atoms with E-state index >= 15 is 0 Å². The van der Waals surface area contributed by atoms with Crippen LogP contribution < -0.4 is 26.8 Å². The second-order valence-corrected chi connectivity index (χ2v) is 13.3. The number of nitrogens with one attached hydrogen (secondary N) is 3. The van der Waals surface area contributed by atoms with Crippen molar-refractivity contribution >= 4 is 59.0 Å². The second-order valence-electron chi connectivity index (χ2n) is 11.3. The molecule has 4 heterocycles. The number of β-lactam (4-membered cyclic amide) rings is 1. The number of aromatic amines is 1. The summed E-state index contributed by atoms with van der Waals surface area (Å²) in [6, 6.07) is 1.59. The Morgan fingerprint density at radius 3 is 2.56 bits per heavy atom. The molecule has 7 N–H and O–H groups in total. The summed E-state index contributed by atoms with van der Waals surface area (Å²) in [6.07, 6.45) is 5.08. The first-order valence-corrected chi connectivity index (χ1v) is 16.9. The number of phenols is 1. The molecule has 0 bridgehead atoms. The van der Waals surface area contributed by atoms with Crippen LogP contribution in [0.3, 0.4) is 0 Å². The van der Waals surface area contributed by atoms with E-state index in [1.54, 1.807) is 7.05 Å². The van der Waals surface area contributed by atoms with E-state index in [-0.39, 0.29) is 46.2 Å². The summed E-state index contributed by atoms with van der Waals surface area (Å²) < 4.78 is 1.44. The van der Waals surface area contributed by atoms with Gasteiger partial charge in [0, 0.05) is 24.6 Å². The summed E-state index contributed by atoms with van der Waals surface area (Å²) in [6.45, 7) is 0. The molecule has 1 aliphatic carbocycles. The van der Waals surface area contributed by atoms with E-state index in [0.717, 1.165) is 41.7 Å². The number of benzene rings is 1. The van der Waals surface area contributed by atoms with E-state index in [0.29, 0.717) is 10.7 Å². The molecule has 1 aromatic carbocycles. The molecule has 2 fully saturated rings. The molecule has 2 aliphatic heterocycles. The smallest absolute Gasteiger partial charge is 0.352 e. The van der Waals surface area contributed by atoms with Crippen molar-refractivity contribution in [2.45, 2.75) is 54.3 Å². The number of hydrogen-bond donors (Lipinski definition) is 6. The molecule has 1 saturated heterocycles. The van der Waals surface area contributed by atoms with Gasteiger partial charge in [-0.3, -0.25) is 29.2 Å². The van der Waals surface area contributed by atoms with Crippen molar-refractivity contribution in [2.75, 3.05) is 21.7 Å². The normalized spacial score (nSPS) is 19.8. The summed E-state index contributed by atoms with van der Waals surface area (Å²) in [5.41, 5.74) is 5.16. The van der Waals surface area contributed by atoms with Gasteiger partial charge in [-0.1, -0.05) is 36.7 Å². The fourth-order valence-electron chi connectivity index (χ4n) is 5.88. The van der Waals surface area contributed by atoms with Gasteiger partial charge < -0.3 is 26.6 Å². The first-order valence-electron chi connectivity index (χ1n) is 14.8. The van der Waals surface area contributed by atoms with Crippen LogP contribution in [0, 0.1) is 0 Å². The molecule has 20 heteroatoms. The lowest BCUT2D eigenvalue weighted by Gasteiger charge is -2.49. The second kappa shape index (κ2) is 13.6. The van der Waals surface area contributed by atoms with Crippen molar-refractivity contribution < 1.29 is 29.4 Å². The highest BCUT2D eigenvalue weighted by atomic mass is 32.2. The minimum absolute atomic E-state index is 0.119. The Kier molecular flexibility index (Phi) is 9.27. The third-order valence-corrected chi connectivity index (χ3v) is 10.6. The number of carboxylic acids is 1. The van der Waals surface area contributed by atoms with Crippen molar-refractivity contribution in [3.63, 3.8) is 0 Å². The molecule has 18 nitrogen and oxygen atoms in total. The predicted molar refractivity (Wildman–Crippen MR) is 173 cm³/mol. The van der Waals surface area contributed by atoms with Crippen LogP contribution in [0.2, 0.25) is 0 Å². The summed E-state index contributed by atoms with van der Waals surface area (Å²) in [4.78, 5) is 74.8. The predicted octanol–water partition coefficient (Wildman–Crippen LogP) is 0.511. The molecule has 252 valence electrons. The number of nitrogens with zero attached hydrogens (tertiary/aromatic N) is 7. The first kappa shape index (κ1) is 32.8. The maximum atomic E-state index is 14.0. The van der Waals surface area contributed by atoms with E-state index < -0.39 is 46.8 Å². The number of phenolic OH excluding ortho intramolecular Hbond substituents is 1. The topological polar surface area (TPSA) is 255 Å². The lowest BCUT2D eigenvalue weighted by atomic mass is 10.00. The zero-order chi connectivity index (χ0) is 34.1. The lowest BCUT2D eigenvalue weighted by molar-refractivity contribution is -0.150. The maximum absolute atomic E-state index is 14.0. The minimum Gasteiger partial charge on any atom is -0.508 e. The minimum atomic E-state index is -1.57. The molecule has 48 heavy (non-hydrogen) atoms. The average Bonchev–Trinajstić information content (AvgIpc) is 3.73. The maximum Gasteiger partial charge on any atom is 0.352 e. The number of hydrogen-bond acceptors (Lipinski definition) is 13. The number of H-pyrrole nitrogens is 1. The van der Waals surface area contributed by atoms with Gasteiger partial charge in [0.1, 0.15) is 34.6 Å². The zero-order valence-corrected chi connectivity index (χ0v) is 27.0. The number of amides is 4. The van der Waals surface area contributed by atoms with Crippen LogP contribution in [-0.4, -0.2) is 98.1 Å². The van der Waals surface area contributed by atoms with E-state index in [1.807, 2.05) is 0 Å². The highest BCUT2D eigenvalue weighted by molar-refractivity contribution is 8.01. The fourth-order valence-corrected chi connectivity index (χ4v) is 8.21. The number of primary amides is 1. The number of thioether (sulfide) groups is 2. The number of nitrogens with two attached hydrogens (primary N) is 1. The number of tetrazole rings is 1.